The maximum atomic E-state index is 12.1. The molecule has 1 heterocycles. The maximum absolute atomic E-state index is 12.1. The molecule has 1 atom stereocenters. The molecule has 1 aromatic rings. The molecule has 0 aliphatic carbocycles. The number of nitrogens with one attached hydrogen (secondary N) is 1. The molecular formula is C13H20N4O3. The molecule has 0 spiro atoms. The molecule has 1 aromatic heterocycles. The molecular weight excluding hydrogens is 260 g/mol. The first-order chi connectivity index (χ1) is 9.49. The number of hydrogen-bond donors (Lipinski definition) is 2. The van der Waals surface area contributed by atoms with E-state index in [4.69, 9.17) is 0 Å². The number of carbonyl (C=O) groups is 2. The first-order valence-corrected chi connectivity index (χ1v) is 6.37. The van der Waals surface area contributed by atoms with Gasteiger partial charge in [0.25, 0.3) is 0 Å². The summed E-state index contributed by atoms with van der Waals surface area (Å²) in [5, 5.41) is 15.7. The van der Waals surface area contributed by atoms with Gasteiger partial charge in [0, 0.05) is 31.9 Å². The van der Waals surface area contributed by atoms with Crippen molar-refractivity contribution in [2.24, 2.45) is 7.05 Å². The quantitative estimate of drug-likeness (QED) is 0.733. The van der Waals surface area contributed by atoms with E-state index in [-0.39, 0.29) is 0 Å². The van der Waals surface area contributed by atoms with Gasteiger partial charge < -0.3 is 15.3 Å². The number of carboxylic acids is 1. The Balaban J connectivity index is 2.82. The fraction of sp³-hybridized carbons (Fsp3) is 0.462. The van der Waals surface area contributed by atoms with E-state index in [1.165, 1.54) is 15.8 Å². The van der Waals surface area contributed by atoms with Crippen LogP contribution in [0.5, 0.6) is 0 Å². The normalized spacial score (nSPS) is 11.7. The first kappa shape index (κ1) is 15.7. The molecule has 1 unspecified atom stereocenters. The van der Waals surface area contributed by atoms with Crippen LogP contribution in [0.25, 0.3) is 0 Å². The van der Waals surface area contributed by atoms with E-state index in [0.717, 1.165) is 6.42 Å². The number of rotatable bonds is 7. The third-order valence-corrected chi connectivity index (χ3v) is 2.70. The van der Waals surface area contributed by atoms with Gasteiger partial charge in [-0.05, 0) is 6.42 Å². The minimum Gasteiger partial charge on any atom is -0.479 e. The predicted molar refractivity (Wildman–Crippen MR) is 74.2 cm³/mol. The summed E-state index contributed by atoms with van der Waals surface area (Å²) in [6.45, 7) is 6.45. The van der Waals surface area contributed by atoms with Crippen LogP contribution in [-0.2, 0) is 11.8 Å². The molecule has 110 valence electrons. The lowest BCUT2D eigenvalue weighted by Gasteiger charge is -2.23. The topological polar surface area (TPSA) is 87.5 Å². The Morgan fingerprint density at radius 1 is 1.65 bits per heavy atom. The largest absolute Gasteiger partial charge is 0.479 e. The zero-order chi connectivity index (χ0) is 15.1. The second-order valence-electron chi connectivity index (χ2n) is 4.40. The number of aryl methyl sites for hydroxylation is 1. The standard InChI is InChI=1S/C13H20N4O3/c1-4-6-17(7-5-2)13(20)15-11(12(18)19)10-8-14-16(3)9-10/h4,8-9,11H,1,5-7H2,2-3H3,(H,15,20)(H,18,19). The number of carboxylic acid groups (broad SMARTS) is 1. The number of amides is 2. The molecule has 7 nitrogen and oxygen atoms in total. The first-order valence-electron chi connectivity index (χ1n) is 6.37. The Morgan fingerprint density at radius 3 is 2.80 bits per heavy atom. The second kappa shape index (κ2) is 7.32. The van der Waals surface area contributed by atoms with Crippen molar-refractivity contribution >= 4 is 12.0 Å². The van der Waals surface area contributed by atoms with E-state index < -0.39 is 18.0 Å². The molecule has 2 N–H and O–H groups in total. The molecule has 0 aliphatic rings. The van der Waals surface area contributed by atoms with Crippen LogP contribution in [0.4, 0.5) is 4.79 Å². The summed E-state index contributed by atoms with van der Waals surface area (Å²) in [6.07, 6.45) is 5.38. The molecule has 0 saturated heterocycles. The van der Waals surface area contributed by atoms with Gasteiger partial charge >= 0.3 is 12.0 Å². The summed E-state index contributed by atoms with van der Waals surface area (Å²) in [6, 6.07) is -1.54. The van der Waals surface area contributed by atoms with E-state index in [1.54, 1.807) is 19.3 Å². The van der Waals surface area contributed by atoms with E-state index in [2.05, 4.69) is 17.0 Å². The molecule has 0 bridgehead atoms. The second-order valence-corrected chi connectivity index (χ2v) is 4.40. The number of aliphatic carboxylic acids is 1. The molecule has 20 heavy (non-hydrogen) atoms. The van der Waals surface area contributed by atoms with E-state index in [1.807, 2.05) is 6.92 Å². The number of carbonyl (C=O) groups excluding carboxylic acids is 1. The number of nitrogens with zero attached hydrogens (tertiary/aromatic N) is 3. The van der Waals surface area contributed by atoms with Crippen molar-refractivity contribution in [1.82, 2.24) is 20.0 Å². The molecule has 2 amide bonds. The monoisotopic (exact) mass is 280 g/mol. The summed E-state index contributed by atoms with van der Waals surface area (Å²) >= 11 is 0. The number of urea groups is 1. The van der Waals surface area contributed by atoms with Crippen molar-refractivity contribution < 1.29 is 14.7 Å². The van der Waals surface area contributed by atoms with Gasteiger partial charge in [-0.15, -0.1) is 6.58 Å². The van der Waals surface area contributed by atoms with Crippen molar-refractivity contribution in [2.75, 3.05) is 13.1 Å². The van der Waals surface area contributed by atoms with E-state index >= 15 is 0 Å². The van der Waals surface area contributed by atoms with Crippen molar-refractivity contribution in [3.8, 4) is 0 Å². The molecule has 0 aromatic carbocycles. The van der Waals surface area contributed by atoms with Crippen LogP contribution < -0.4 is 5.32 Å². The minimum absolute atomic E-state index is 0.374. The third kappa shape index (κ3) is 4.11. The van der Waals surface area contributed by atoms with Crippen LogP contribution in [0.3, 0.4) is 0 Å². The molecule has 0 aliphatic heterocycles. The average molecular weight is 280 g/mol. The maximum Gasteiger partial charge on any atom is 0.331 e. The molecule has 0 saturated carbocycles. The summed E-state index contributed by atoms with van der Waals surface area (Å²) in [4.78, 5) is 24.9. The van der Waals surface area contributed by atoms with E-state index in [9.17, 15) is 14.7 Å². The number of aromatic nitrogens is 2. The highest BCUT2D eigenvalue weighted by atomic mass is 16.4. The number of hydrogen-bond acceptors (Lipinski definition) is 3. The third-order valence-electron chi connectivity index (χ3n) is 2.70. The summed E-state index contributed by atoms with van der Waals surface area (Å²) in [5.41, 5.74) is 0.434. The Morgan fingerprint density at radius 2 is 2.35 bits per heavy atom. The van der Waals surface area contributed by atoms with E-state index in [0.29, 0.717) is 18.7 Å². The van der Waals surface area contributed by atoms with Gasteiger partial charge in [0.15, 0.2) is 6.04 Å². The fourth-order valence-electron chi connectivity index (χ4n) is 1.79. The van der Waals surface area contributed by atoms with Gasteiger partial charge in [-0.2, -0.15) is 5.10 Å². The van der Waals surface area contributed by atoms with Crippen LogP contribution in [0.2, 0.25) is 0 Å². The lowest BCUT2D eigenvalue weighted by atomic mass is 10.1. The molecule has 7 heteroatoms. The Bertz CT molecular complexity index is 484. The SMILES string of the molecule is C=CCN(CCC)C(=O)NC(C(=O)O)c1cnn(C)c1. The smallest absolute Gasteiger partial charge is 0.331 e. The fourth-order valence-corrected chi connectivity index (χ4v) is 1.79. The zero-order valence-corrected chi connectivity index (χ0v) is 11.7. The van der Waals surface area contributed by atoms with Crippen LogP contribution in [0.15, 0.2) is 25.0 Å². The van der Waals surface area contributed by atoms with Crippen molar-refractivity contribution in [2.45, 2.75) is 19.4 Å². The average Bonchev–Trinajstić information content (AvgIpc) is 2.81. The van der Waals surface area contributed by atoms with Gasteiger partial charge in [0.1, 0.15) is 0 Å². The zero-order valence-electron chi connectivity index (χ0n) is 11.7. The van der Waals surface area contributed by atoms with Crippen LogP contribution >= 0.6 is 0 Å². The van der Waals surface area contributed by atoms with Gasteiger partial charge in [-0.1, -0.05) is 13.0 Å². The highest BCUT2D eigenvalue weighted by molar-refractivity contribution is 5.83. The van der Waals surface area contributed by atoms with Gasteiger partial charge in [0.05, 0.1) is 6.20 Å². The highest BCUT2D eigenvalue weighted by Gasteiger charge is 2.25. The van der Waals surface area contributed by atoms with Gasteiger partial charge in [-0.25, -0.2) is 9.59 Å². The van der Waals surface area contributed by atoms with Gasteiger partial charge in [0.2, 0.25) is 0 Å². The summed E-state index contributed by atoms with van der Waals surface area (Å²) in [5.74, 6) is -1.12. The lowest BCUT2D eigenvalue weighted by molar-refractivity contribution is -0.139. The minimum atomic E-state index is -1.12. The Labute approximate surface area is 117 Å². The predicted octanol–water partition coefficient (Wildman–Crippen LogP) is 1.15. The highest BCUT2D eigenvalue weighted by Crippen LogP contribution is 2.12. The molecule has 1 rings (SSSR count). The van der Waals surface area contributed by atoms with Gasteiger partial charge in [-0.3, -0.25) is 4.68 Å². The van der Waals surface area contributed by atoms with Crippen LogP contribution in [-0.4, -0.2) is 44.9 Å². The van der Waals surface area contributed by atoms with Crippen molar-refractivity contribution in [3.63, 3.8) is 0 Å². The van der Waals surface area contributed by atoms with Crippen molar-refractivity contribution in [3.05, 3.63) is 30.6 Å². The Hall–Kier alpha value is -2.31. The lowest BCUT2D eigenvalue weighted by Crippen LogP contribution is -2.44. The summed E-state index contributed by atoms with van der Waals surface area (Å²) < 4.78 is 1.49. The van der Waals surface area contributed by atoms with Crippen LogP contribution in [0, 0.1) is 0 Å². The van der Waals surface area contributed by atoms with Crippen LogP contribution in [0.1, 0.15) is 24.9 Å². The van der Waals surface area contributed by atoms with Crippen molar-refractivity contribution in [1.29, 1.82) is 0 Å². The molecule has 0 fully saturated rings. The molecule has 0 radical (unpaired) electrons. The Kier molecular flexibility index (Phi) is 5.76. The summed E-state index contributed by atoms with van der Waals surface area (Å²) in [7, 11) is 1.69.